The van der Waals surface area contributed by atoms with Crippen LogP contribution < -0.4 is 20.3 Å². The van der Waals surface area contributed by atoms with Crippen molar-refractivity contribution in [3.05, 3.63) is 63.7 Å². The van der Waals surface area contributed by atoms with E-state index in [9.17, 15) is 19.7 Å². The summed E-state index contributed by atoms with van der Waals surface area (Å²) >= 11 is 0. The summed E-state index contributed by atoms with van der Waals surface area (Å²) in [7, 11) is 1.46. The minimum Gasteiger partial charge on any atom is -0.493 e. The molecule has 0 aliphatic rings. The van der Waals surface area contributed by atoms with E-state index >= 15 is 0 Å². The molecule has 2 rings (SSSR count). The van der Waals surface area contributed by atoms with Crippen LogP contribution in [0.3, 0.4) is 0 Å². The second-order valence-electron chi connectivity index (χ2n) is 5.74. The number of methoxy groups -OCH3 is 1. The minimum atomic E-state index is -0.607. The van der Waals surface area contributed by atoms with Gasteiger partial charge in [-0.2, -0.15) is 0 Å². The number of carbonyl (C=O) groups is 2. The number of rotatable bonds is 6. The van der Waals surface area contributed by atoms with Crippen molar-refractivity contribution in [3.63, 3.8) is 0 Å². The number of nitro groups is 1. The lowest BCUT2D eigenvalue weighted by molar-refractivity contribution is -0.384. The summed E-state index contributed by atoms with van der Waals surface area (Å²) in [6, 6.07) is 9.62. The first-order valence-electron chi connectivity index (χ1n) is 8.01. The number of amides is 2. The van der Waals surface area contributed by atoms with E-state index in [4.69, 9.17) is 9.47 Å². The van der Waals surface area contributed by atoms with Gasteiger partial charge < -0.3 is 9.47 Å². The lowest BCUT2D eigenvalue weighted by atomic mass is 10.2. The maximum absolute atomic E-state index is 12.2. The van der Waals surface area contributed by atoms with Gasteiger partial charge in [0.1, 0.15) is 0 Å². The third-order valence-corrected chi connectivity index (χ3v) is 3.42. The number of carbonyl (C=O) groups excluding carboxylic acids is 2. The molecule has 0 saturated heterocycles. The van der Waals surface area contributed by atoms with Gasteiger partial charge in [0, 0.05) is 23.3 Å². The number of nitrogens with one attached hydrogen (secondary N) is 2. The summed E-state index contributed by atoms with van der Waals surface area (Å²) in [5, 5.41) is 10.6. The van der Waals surface area contributed by atoms with Crippen LogP contribution in [0, 0.1) is 10.1 Å². The number of hydrogen-bond acceptors (Lipinski definition) is 6. The molecule has 0 bridgehead atoms. The molecule has 0 aliphatic heterocycles. The molecule has 0 unspecified atom stereocenters. The van der Waals surface area contributed by atoms with Crippen molar-refractivity contribution in [3.8, 4) is 11.5 Å². The van der Waals surface area contributed by atoms with E-state index in [1.807, 2.05) is 13.8 Å². The van der Waals surface area contributed by atoms with Crippen molar-refractivity contribution in [1.29, 1.82) is 0 Å². The molecular formula is C18H19N3O6. The van der Waals surface area contributed by atoms with Crippen LogP contribution in [0.25, 0.3) is 0 Å². The second-order valence-corrected chi connectivity index (χ2v) is 5.74. The fourth-order valence-electron chi connectivity index (χ4n) is 2.15. The van der Waals surface area contributed by atoms with Crippen LogP contribution in [-0.2, 0) is 0 Å². The third kappa shape index (κ3) is 5.18. The number of non-ortho nitro benzene ring substituents is 1. The van der Waals surface area contributed by atoms with Crippen molar-refractivity contribution in [2.75, 3.05) is 7.11 Å². The topological polar surface area (TPSA) is 120 Å². The zero-order valence-corrected chi connectivity index (χ0v) is 15.0. The van der Waals surface area contributed by atoms with E-state index in [2.05, 4.69) is 10.9 Å². The van der Waals surface area contributed by atoms with Gasteiger partial charge in [-0.1, -0.05) is 0 Å². The van der Waals surface area contributed by atoms with E-state index < -0.39 is 16.7 Å². The molecule has 0 aliphatic carbocycles. The van der Waals surface area contributed by atoms with E-state index in [0.717, 1.165) is 0 Å². The maximum atomic E-state index is 12.2. The zero-order chi connectivity index (χ0) is 20.0. The average Bonchev–Trinajstić information content (AvgIpc) is 2.65. The second kappa shape index (κ2) is 8.65. The van der Waals surface area contributed by atoms with Gasteiger partial charge in [0.25, 0.3) is 17.5 Å². The number of nitro benzene ring substituents is 1. The molecule has 0 spiro atoms. The summed E-state index contributed by atoms with van der Waals surface area (Å²) in [4.78, 5) is 34.3. The lowest BCUT2D eigenvalue weighted by Gasteiger charge is -2.14. The first-order valence-corrected chi connectivity index (χ1v) is 8.01. The van der Waals surface area contributed by atoms with Crippen LogP contribution in [0.5, 0.6) is 11.5 Å². The number of benzene rings is 2. The summed E-state index contributed by atoms with van der Waals surface area (Å²) in [5.41, 5.74) is 4.82. The van der Waals surface area contributed by atoms with Gasteiger partial charge in [-0.15, -0.1) is 0 Å². The quantitative estimate of drug-likeness (QED) is 0.593. The van der Waals surface area contributed by atoms with E-state index in [0.29, 0.717) is 11.5 Å². The lowest BCUT2D eigenvalue weighted by Crippen LogP contribution is -2.41. The Balaban J connectivity index is 2.02. The molecule has 0 fully saturated rings. The van der Waals surface area contributed by atoms with Crippen LogP contribution in [0.1, 0.15) is 34.6 Å². The highest BCUT2D eigenvalue weighted by molar-refractivity contribution is 5.99. The summed E-state index contributed by atoms with van der Waals surface area (Å²) in [6.07, 6.45) is -0.0560. The van der Waals surface area contributed by atoms with Gasteiger partial charge in [0.05, 0.1) is 18.1 Å². The van der Waals surface area contributed by atoms with Crippen molar-refractivity contribution < 1.29 is 24.0 Å². The highest BCUT2D eigenvalue weighted by Crippen LogP contribution is 2.28. The Labute approximate surface area is 155 Å². The smallest absolute Gasteiger partial charge is 0.269 e. The average molecular weight is 373 g/mol. The highest BCUT2D eigenvalue weighted by atomic mass is 16.6. The number of hydrazine groups is 1. The molecular weight excluding hydrogens is 354 g/mol. The standard InChI is InChI=1S/C18H19N3O6/c1-11(2)27-15-9-6-13(10-16(15)26-3)18(23)20-19-17(22)12-4-7-14(8-5-12)21(24)25/h4-11H,1-3H3,(H,19,22)(H,20,23). The molecule has 0 radical (unpaired) electrons. The van der Waals surface area contributed by atoms with Gasteiger partial charge >= 0.3 is 0 Å². The molecule has 0 saturated carbocycles. The van der Waals surface area contributed by atoms with Gasteiger partial charge in [0.15, 0.2) is 11.5 Å². The Hall–Kier alpha value is -3.62. The van der Waals surface area contributed by atoms with Crippen molar-refractivity contribution in [2.45, 2.75) is 20.0 Å². The first-order chi connectivity index (χ1) is 12.8. The number of nitrogens with zero attached hydrogens (tertiary/aromatic N) is 1. The van der Waals surface area contributed by atoms with Crippen molar-refractivity contribution >= 4 is 17.5 Å². The summed E-state index contributed by atoms with van der Waals surface area (Å²) in [5.74, 6) is -0.276. The first kappa shape index (κ1) is 19.7. The molecule has 0 atom stereocenters. The third-order valence-electron chi connectivity index (χ3n) is 3.42. The van der Waals surface area contributed by atoms with E-state index in [1.165, 1.54) is 43.5 Å². The highest BCUT2D eigenvalue weighted by Gasteiger charge is 2.14. The van der Waals surface area contributed by atoms with E-state index in [1.54, 1.807) is 6.07 Å². The van der Waals surface area contributed by atoms with Gasteiger partial charge in [-0.05, 0) is 44.2 Å². The Morgan fingerprint density at radius 3 is 2.04 bits per heavy atom. The molecule has 142 valence electrons. The van der Waals surface area contributed by atoms with Crippen molar-refractivity contribution in [1.82, 2.24) is 10.9 Å². The predicted molar refractivity (Wildman–Crippen MR) is 96.8 cm³/mol. The molecule has 27 heavy (non-hydrogen) atoms. The molecule has 2 aromatic rings. The maximum Gasteiger partial charge on any atom is 0.269 e. The predicted octanol–water partition coefficient (Wildman–Crippen LogP) is 2.47. The van der Waals surface area contributed by atoms with Crippen LogP contribution in [0.2, 0.25) is 0 Å². The molecule has 9 nitrogen and oxygen atoms in total. The Bertz CT molecular complexity index is 849. The minimum absolute atomic E-state index is 0.0560. The largest absolute Gasteiger partial charge is 0.493 e. The summed E-state index contributed by atoms with van der Waals surface area (Å²) < 4.78 is 10.8. The normalized spacial score (nSPS) is 10.2. The van der Waals surface area contributed by atoms with Gasteiger partial charge in [-0.3, -0.25) is 30.6 Å². The van der Waals surface area contributed by atoms with Crippen LogP contribution in [-0.4, -0.2) is 30.0 Å². The Kier molecular flexibility index (Phi) is 6.32. The Morgan fingerprint density at radius 1 is 0.963 bits per heavy atom. The molecule has 9 heteroatoms. The molecule has 2 N–H and O–H groups in total. The Morgan fingerprint density at radius 2 is 1.52 bits per heavy atom. The molecule has 0 aromatic heterocycles. The monoisotopic (exact) mass is 373 g/mol. The van der Waals surface area contributed by atoms with Crippen LogP contribution in [0.15, 0.2) is 42.5 Å². The van der Waals surface area contributed by atoms with Gasteiger partial charge in [0.2, 0.25) is 0 Å². The van der Waals surface area contributed by atoms with Crippen LogP contribution >= 0.6 is 0 Å². The van der Waals surface area contributed by atoms with Crippen molar-refractivity contribution in [2.24, 2.45) is 0 Å². The zero-order valence-electron chi connectivity index (χ0n) is 15.0. The van der Waals surface area contributed by atoms with Gasteiger partial charge in [-0.25, -0.2) is 0 Å². The fourth-order valence-corrected chi connectivity index (χ4v) is 2.15. The molecule has 0 heterocycles. The number of ether oxygens (including phenoxy) is 2. The molecule has 2 amide bonds. The fraction of sp³-hybridized carbons (Fsp3) is 0.222. The number of hydrogen-bond donors (Lipinski definition) is 2. The molecule has 2 aromatic carbocycles. The van der Waals surface area contributed by atoms with Crippen LogP contribution in [0.4, 0.5) is 5.69 Å². The SMILES string of the molecule is COc1cc(C(=O)NNC(=O)c2ccc([N+](=O)[O-])cc2)ccc1OC(C)C. The van der Waals surface area contributed by atoms with E-state index in [-0.39, 0.29) is 22.9 Å². The summed E-state index contributed by atoms with van der Waals surface area (Å²) in [6.45, 7) is 3.74.